The maximum absolute atomic E-state index is 13.8. The van der Waals surface area contributed by atoms with Crippen molar-refractivity contribution in [3.63, 3.8) is 0 Å². The maximum Gasteiger partial charge on any atom is 0.340 e. The van der Waals surface area contributed by atoms with Crippen LogP contribution in [-0.4, -0.2) is 140 Å². The van der Waals surface area contributed by atoms with Crippen LogP contribution in [0.5, 0.6) is 23.0 Å². The van der Waals surface area contributed by atoms with Crippen molar-refractivity contribution >= 4 is 63.3 Å². The quantitative estimate of drug-likeness (QED) is 0.0164. The Morgan fingerprint density at radius 1 is 0.900 bits per heavy atom. The van der Waals surface area contributed by atoms with Crippen LogP contribution in [0.3, 0.4) is 0 Å². The molecule has 1 spiro atoms. The highest BCUT2D eigenvalue weighted by Crippen LogP contribution is 2.57. The Morgan fingerprint density at radius 2 is 1.62 bits per heavy atom. The number of likely N-dealkylation sites (tertiary alicyclic amines) is 1. The predicted octanol–water partition coefficient (Wildman–Crippen LogP) is 5.35. The van der Waals surface area contributed by atoms with Gasteiger partial charge >= 0.3 is 5.97 Å². The number of rotatable bonds is 24. The van der Waals surface area contributed by atoms with Crippen LogP contribution in [0.4, 0.5) is 20.2 Å². The largest absolute Gasteiger partial charge is 0.508 e. The van der Waals surface area contributed by atoms with E-state index in [4.69, 9.17) is 31.2 Å². The number of phenols is 2. The summed E-state index contributed by atoms with van der Waals surface area (Å²) in [4.78, 5) is 56.7. The van der Waals surface area contributed by atoms with E-state index in [2.05, 4.69) is 41.9 Å². The minimum Gasteiger partial charge on any atom is -0.508 e. The molecule has 3 aliphatic heterocycles. The fraction of sp³-hybridized carbons (Fsp3) is 0.364. The molecule has 1 saturated heterocycles. The van der Waals surface area contributed by atoms with E-state index in [1.807, 2.05) is 6.20 Å². The SMILES string of the molecule is N#C[C@@H]1CC(F)(F)CN1C(=O)CNC(=O)c1ccnc2c(NC(O)CCCc3cn(CCCCC(=O)NCCOCCOCCNC(=S)Nc4ccc5c(c4)C(=O)OC54c5ccc(O)cc5Oc5cc(O)ccc54)nn3)cccc12. The zero-order valence-electron chi connectivity index (χ0n) is 43.1. The Kier molecular flexibility index (Phi) is 17.6. The molecule has 0 aliphatic carbocycles. The van der Waals surface area contributed by atoms with Crippen molar-refractivity contribution in [2.75, 3.05) is 63.2 Å². The number of hydrogen-bond acceptors (Lipinski definition) is 17. The number of aryl methyl sites for hydroxylation is 2. The number of carbonyl (C=O) groups is 4. The average molecular weight is 1120 g/mol. The van der Waals surface area contributed by atoms with Gasteiger partial charge in [-0.05, 0) is 92.9 Å². The van der Waals surface area contributed by atoms with Crippen molar-refractivity contribution < 1.29 is 62.2 Å². The maximum atomic E-state index is 13.8. The van der Waals surface area contributed by atoms with Crippen LogP contribution in [0.2, 0.25) is 0 Å². The number of aliphatic hydroxyl groups is 1. The summed E-state index contributed by atoms with van der Waals surface area (Å²) in [5.41, 5.74) is 2.92. The van der Waals surface area contributed by atoms with Gasteiger partial charge in [0.15, 0.2) is 10.7 Å². The Bertz CT molecular complexity index is 3290. The Balaban J connectivity index is 0.599. The first-order valence-corrected chi connectivity index (χ1v) is 26.3. The van der Waals surface area contributed by atoms with Gasteiger partial charge < -0.3 is 65.8 Å². The lowest BCUT2D eigenvalue weighted by molar-refractivity contribution is -0.131. The average Bonchev–Trinajstić information content (AvgIpc) is 4.14. The van der Waals surface area contributed by atoms with Crippen LogP contribution in [0.25, 0.3) is 10.9 Å². The molecule has 1 fully saturated rings. The van der Waals surface area contributed by atoms with Crippen LogP contribution in [0.1, 0.15) is 81.6 Å². The minimum absolute atomic E-state index is 0.0322. The molecule has 1 unspecified atom stereocenters. The van der Waals surface area contributed by atoms with Crippen LogP contribution in [0, 0.1) is 11.3 Å². The number of aromatic hydroxyl groups is 2. The second-order valence-electron chi connectivity index (χ2n) is 19.2. The van der Waals surface area contributed by atoms with Gasteiger partial charge in [0.25, 0.3) is 11.8 Å². The lowest BCUT2D eigenvalue weighted by Crippen LogP contribution is -2.43. The van der Waals surface area contributed by atoms with E-state index in [-0.39, 0.29) is 34.5 Å². The number of ether oxygens (including phenoxy) is 4. The van der Waals surface area contributed by atoms with Gasteiger partial charge in [0, 0.05) is 84.8 Å². The van der Waals surface area contributed by atoms with E-state index in [1.165, 1.54) is 36.5 Å². The molecule has 3 amide bonds. The molecular formula is C55H57F2N11O11S. The number of pyridine rings is 1. The number of unbranched alkanes of at least 4 members (excludes halogenated alkanes) is 1. The number of alkyl halides is 2. The fourth-order valence-corrected chi connectivity index (χ4v) is 9.98. The molecule has 22 nitrogen and oxygen atoms in total. The highest BCUT2D eigenvalue weighted by Gasteiger charge is 2.54. The molecule has 80 heavy (non-hydrogen) atoms. The second kappa shape index (κ2) is 25.0. The van der Waals surface area contributed by atoms with Gasteiger partial charge in [0.2, 0.25) is 11.8 Å². The fourth-order valence-electron chi connectivity index (χ4n) is 9.76. The molecule has 9 rings (SSSR count). The number of anilines is 2. The number of halogens is 2. The third-order valence-corrected chi connectivity index (χ3v) is 13.8. The molecule has 0 radical (unpaired) electrons. The number of phenolic OH excluding ortho intramolecular Hbond substituents is 2. The highest BCUT2D eigenvalue weighted by atomic mass is 32.1. The van der Waals surface area contributed by atoms with Crippen LogP contribution < -0.4 is 31.3 Å². The summed E-state index contributed by atoms with van der Waals surface area (Å²) in [6.07, 6.45) is 4.70. The number of fused-ring (bicyclic) bond motifs is 7. The van der Waals surface area contributed by atoms with Crippen LogP contribution >= 0.6 is 12.2 Å². The number of carbonyl (C=O) groups excluding carboxylic acids is 4. The monoisotopic (exact) mass is 1120 g/mol. The molecule has 418 valence electrons. The molecule has 3 aliphatic rings. The van der Waals surface area contributed by atoms with E-state index >= 15 is 0 Å². The second-order valence-corrected chi connectivity index (χ2v) is 19.6. The summed E-state index contributed by atoms with van der Waals surface area (Å²) in [6.45, 7) is 1.20. The molecule has 2 atom stereocenters. The summed E-state index contributed by atoms with van der Waals surface area (Å²) in [7, 11) is 0. The van der Waals surface area contributed by atoms with Gasteiger partial charge in [-0.1, -0.05) is 23.4 Å². The van der Waals surface area contributed by atoms with Crippen LogP contribution in [0.15, 0.2) is 91.3 Å². The van der Waals surface area contributed by atoms with E-state index in [1.54, 1.807) is 59.3 Å². The summed E-state index contributed by atoms with van der Waals surface area (Å²) >= 11 is 5.48. The number of aromatic nitrogens is 4. The first kappa shape index (κ1) is 56.2. The zero-order valence-corrected chi connectivity index (χ0v) is 43.9. The normalized spacial score (nSPS) is 15.7. The molecule has 0 saturated carbocycles. The third kappa shape index (κ3) is 13.1. The van der Waals surface area contributed by atoms with Gasteiger partial charge in [-0.25, -0.2) is 13.6 Å². The number of thiocarbonyl (C=S) groups is 1. The topological polar surface area (TPSA) is 297 Å². The Morgan fingerprint density at radius 3 is 2.36 bits per heavy atom. The van der Waals surface area contributed by atoms with E-state index in [9.17, 15) is 48.5 Å². The lowest BCUT2D eigenvalue weighted by atomic mass is 9.77. The number of benzene rings is 4. The summed E-state index contributed by atoms with van der Waals surface area (Å²) < 4.78 is 52.8. The van der Waals surface area contributed by atoms with Crippen molar-refractivity contribution in [1.82, 2.24) is 40.8 Å². The minimum atomic E-state index is -3.17. The molecule has 4 aromatic carbocycles. The summed E-state index contributed by atoms with van der Waals surface area (Å²) in [5.74, 6) is -4.73. The number of nitrogens with one attached hydrogen (secondary N) is 5. The summed E-state index contributed by atoms with van der Waals surface area (Å²) in [6, 6.07) is 21.3. The van der Waals surface area contributed by atoms with Gasteiger partial charge in [0.1, 0.15) is 35.3 Å². The highest BCUT2D eigenvalue weighted by molar-refractivity contribution is 7.80. The molecule has 0 bridgehead atoms. The standard InChI is InChI=1S/C55H57F2N11O11S/c56-54(57)28-35(29-58)68(32-54)49(73)30-62-51(74)39-16-17-60-50-38(39)6-4-7-44(50)64-48(72)9-3-5-34-31-67(66-65-34)20-2-1-8-47(71)59-18-21-76-23-24-77-22-19-61-53(80)63-33-10-13-41-40(25-33)52(75)79-55(41)42-14-11-36(69)26-45(42)78-46-27-37(70)12-15-43(46)55/h4,6-7,10-17,25-27,31,35,48,64,69-70,72H,1-3,5,8-9,18-24,28,30,32H2,(H,59,71)(H,62,74)(H2,61,63,80)/t35-,48?/m0/s1. The Hall–Kier alpha value is -8.57. The van der Waals surface area contributed by atoms with Gasteiger partial charge in [-0.3, -0.25) is 24.0 Å². The third-order valence-electron chi connectivity index (χ3n) is 13.5. The Labute approximate surface area is 462 Å². The zero-order chi connectivity index (χ0) is 56.4. The van der Waals surface area contributed by atoms with Crippen molar-refractivity contribution in [3.8, 4) is 29.1 Å². The van der Waals surface area contributed by atoms with Crippen molar-refractivity contribution in [2.24, 2.45) is 0 Å². The number of hydrogen-bond donors (Lipinski definition) is 8. The van der Waals surface area contributed by atoms with Crippen molar-refractivity contribution in [1.29, 1.82) is 5.26 Å². The molecule has 8 N–H and O–H groups in total. The van der Waals surface area contributed by atoms with Crippen molar-refractivity contribution in [3.05, 3.63) is 125 Å². The predicted molar refractivity (Wildman–Crippen MR) is 288 cm³/mol. The number of esters is 1. The van der Waals surface area contributed by atoms with Crippen molar-refractivity contribution in [2.45, 2.75) is 75.3 Å². The van der Waals surface area contributed by atoms with Gasteiger partial charge in [-0.2, -0.15) is 5.26 Å². The van der Waals surface area contributed by atoms with Crippen LogP contribution in [-0.2, 0) is 42.4 Å². The van der Waals surface area contributed by atoms with Gasteiger partial charge in [0.05, 0.1) is 73.6 Å². The number of amides is 3. The lowest BCUT2D eigenvalue weighted by Gasteiger charge is -2.36. The number of nitrogens with zero attached hydrogens (tertiary/aromatic N) is 6. The number of nitriles is 1. The molecule has 2 aromatic heterocycles. The van der Waals surface area contributed by atoms with E-state index in [0.717, 1.165) is 10.6 Å². The molecular weight excluding hydrogens is 1060 g/mol. The van der Waals surface area contributed by atoms with E-state index < -0.39 is 61.1 Å². The van der Waals surface area contributed by atoms with Gasteiger partial charge in [-0.15, -0.1) is 5.10 Å². The first-order chi connectivity index (χ1) is 38.6. The first-order valence-electron chi connectivity index (χ1n) is 25.9. The van der Waals surface area contributed by atoms with E-state index in [0.29, 0.717) is 134 Å². The number of para-hydroxylation sites is 1. The smallest absolute Gasteiger partial charge is 0.340 e. The summed E-state index contributed by atoms with van der Waals surface area (Å²) in [5, 5.41) is 64.1. The molecule has 5 heterocycles. The molecule has 25 heteroatoms. The molecule has 6 aromatic rings. The number of aliphatic hydroxyl groups excluding tert-OH is 1.